The molecule has 0 saturated carbocycles. The van der Waals surface area contributed by atoms with Crippen molar-refractivity contribution in [2.24, 2.45) is 0 Å². The summed E-state index contributed by atoms with van der Waals surface area (Å²) in [5, 5.41) is 1.26. The zero-order chi connectivity index (χ0) is 36.7. The number of hydrogen-bond acceptors (Lipinski definition) is 2. The topological polar surface area (TPSA) is 11.4 Å². The Kier molecular flexibility index (Phi) is 8.30. The third-order valence-corrected chi connectivity index (χ3v) is 11.2. The minimum Gasteiger partial charge on any atom is -0.311 e. The van der Waals surface area contributed by atoms with Crippen molar-refractivity contribution in [1.82, 2.24) is 4.57 Å². The summed E-state index contributed by atoms with van der Waals surface area (Å²) in [6.45, 7) is 2.47. The van der Waals surface area contributed by atoms with Crippen LogP contribution in [0.4, 0.5) is 28.4 Å². The van der Waals surface area contributed by atoms with Gasteiger partial charge < -0.3 is 14.4 Å². The van der Waals surface area contributed by atoms with Crippen molar-refractivity contribution in [3.8, 4) is 28.1 Å². The second kappa shape index (κ2) is 13.9. The molecule has 3 nitrogen and oxygen atoms in total. The lowest BCUT2D eigenvalue weighted by atomic mass is 9.42. The van der Waals surface area contributed by atoms with Gasteiger partial charge in [0.1, 0.15) is 0 Å². The molecule has 0 N–H and O–H groups in total. The first-order valence-corrected chi connectivity index (χ1v) is 19.3. The summed E-state index contributed by atoms with van der Waals surface area (Å²) in [4.78, 5) is 4.81. The van der Waals surface area contributed by atoms with E-state index in [1.54, 1.807) is 0 Å². The molecule has 2 bridgehead atoms. The number of rotatable bonds is 6. The summed E-state index contributed by atoms with van der Waals surface area (Å²) in [5.74, 6) is 0. The highest BCUT2D eigenvalue weighted by atomic mass is 15.2. The lowest BCUT2D eigenvalue weighted by molar-refractivity contribution is 0.997. The minimum atomic E-state index is 0.102. The van der Waals surface area contributed by atoms with Crippen LogP contribution in [0.3, 0.4) is 0 Å². The van der Waals surface area contributed by atoms with E-state index in [0.29, 0.717) is 0 Å². The van der Waals surface area contributed by atoms with Gasteiger partial charge in [-0.05, 0) is 90.7 Å². The summed E-state index contributed by atoms with van der Waals surface area (Å²) >= 11 is 0. The molecule has 7 aromatic carbocycles. The zero-order valence-corrected chi connectivity index (χ0v) is 30.9. The van der Waals surface area contributed by atoms with Crippen LogP contribution < -0.4 is 20.7 Å². The third-order valence-electron chi connectivity index (χ3n) is 11.2. The van der Waals surface area contributed by atoms with Gasteiger partial charge in [-0.1, -0.05) is 151 Å². The van der Waals surface area contributed by atoms with Gasteiger partial charge in [0.05, 0.1) is 5.69 Å². The van der Waals surface area contributed by atoms with E-state index in [9.17, 15) is 0 Å². The fourth-order valence-electron chi connectivity index (χ4n) is 8.70. The highest BCUT2D eigenvalue weighted by molar-refractivity contribution is 6.87. The van der Waals surface area contributed by atoms with Crippen LogP contribution in [0.1, 0.15) is 12.8 Å². The molecule has 55 heavy (non-hydrogen) atoms. The molecule has 2 heterocycles. The summed E-state index contributed by atoms with van der Waals surface area (Å²) in [7, 11) is 0. The van der Waals surface area contributed by atoms with Gasteiger partial charge >= 0.3 is 0 Å². The summed E-state index contributed by atoms with van der Waals surface area (Å²) in [5.41, 5.74) is 16.7. The largest absolute Gasteiger partial charge is 0.311 e. The average Bonchev–Trinajstić information content (AvgIpc) is 3.61. The maximum atomic E-state index is 2.53. The van der Waals surface area contributed by atoms with Gasteiger partial charge in [-0.25, -0.2) is 0 Å². The Balaban J connectivity index is 1.21. The molecule has 0 fully saturated rings. The number of aromatic nitrogens is 1. The molecule has 1 aliphatic carbocycles. The van der Waals surface area contributed by atoms with Gasteiger partial charge in [0.15, 0.2) is 0 Å². The van der Waals surface area contributed by atoms with Crippen LogP contribution in [-0.4, -0.2) is 11.3 Å². The Morgan fingerprint density at radius 2 is 1.16 bits per heavy atom. The van der Waals surface area contributed by atoms with E-state index < -0.39 is 0 Å². The van der Waals surface area contributed by atoms with Crippen molar-refractivity contribution < 1.29 is 0 Å². The predicted octanol–water partition coefficient (Wildman–Crippen LogP) is 12.4. The van der Waals surface area contributed by atoms with Crippen LogP contribution in [0, 0.1) is 0 Å². The predicted molar refractivity (Wildman–Crippen MR) is 235 cm³/mol. The zero-order valence-electron chi connectivity index (χ0n) is 30.9. The Morgan fingerprint density at radius 1 is 0.527 bits per heavy atom. The molecule has 8 aromatic rings. The molecule has 0 atom stereocenters. The van der Waals surface area contributed by atoms with Gasteiger partial charge in [0.25, 0.3) is 0 Å². The lowest BCUT2D eigenvalue weighted by Gasteiger charge is -2.32. The fraction of sp³-hybridized carbons (Fsp3) is 0.0588. The number of nitrogens with zero attached hydrogens (tertiary/aromatic N) is 3. The number of benzene rings is 7. The lowest BCUT2D eigenvalue weighted by Crippen LogP contribution is -2.42. The van der Waals surface area contributed by atoms with E-state index in [2.05, 4.69) is 221 Å². The van der Waals surface area contributed by atoms with Crippen molar-refractivity contribution in [2.45, 2.75) is 19.7 Å². The Bertz CT molecular complexity index is 2710. The first-order chi connectivity index (χ1) is 27.2. The van der Waals surface area contributed by atoms with Crippen molar-refractivity contribution in [3.05, 3.63) is 206 Å². The first-order valence-electron chi connectivity index (χ1n) is 19.3. The molecular weight excluding hydrogens is 665 g/mol. The molecule has 4 heteroatoms. The number of fused-ring (bicyclic) bond motifs is 4. The first kappa shape index (κ1) is 32.8. The van der Waals surface area contributed by atoms with E-state index in [1.165, 1.54) is 55.6 Å². The van der Waals surface area contributed by atoms with Crippen LogP contribution in [0.2, 0.25) is 6.82 Å². The molecular formula is C51H40BN3. The van der Waals surface area contributed by atoms with Crippen LogP contribution in [-0.2, 0) is 0 Å². The van der Waals surface area contributed by atoms with Crippen molar-refractivity contribution >= 4 is 57.0 Å². The Labute approximate surface area is 323 Å². The summed E-state index contributed by atoms with van der Waals surface area (Å²) < 4.78 is 2.53. The molecule has 0 unspecified atom stereocenters. The van der Waals surface area contributed by atoms with E-state index >= 15 is 0 Å². The molecule has 1 aliphatic heterocycles. The van der Waals surface area contributed by atoms with Crippen molar-refractivity contribution in [3.63, 3.8) is 0 Å². The normalized spacial score (nSPS) is 13.4. The molecule has 0 spiro atoms. The van der Waals surface area contributed by atoms with Crippen LogP contribution in [0.5, 0.6) is 0 Å². The van der Waals surface area contributed by atoms with Gasteiger partial charge in [-0.15, -0.1) is 0 Å². The Hall–Kier alpha value is -6.78. The molecule has 0 amide bonds. The smallest absolute Gasteiger partial charge is 0.211 e. The maximum Gasteiger partial charge on any atom is 0.211 e. The van der Waals surface area contributed by atoms with Crippen LogP contribution in [0.25, 0.3) is 39.0 Å². The highest BCUT2D eigenvalue weighted by Crippen LogP contribution is 2.44. The second-order valence-corrected chi connectivity index (χ2v) is 14.5. The van der Waals surface area contributed by atoms with Gasteiger partial charge in [-0.3, -0.25) is 0 Å². The number of allylic oxidation sites excluding steroid dienone is 3. The molecule has 0 radical (unpaired) electrons. The molecule has 262 valence electrons. The number of anilines is 5. The number of para-hydroxylation sites is 3. The van der Waals surface area contributed by atoms with Crippen molar-refractivity contribution in [2.75, 3.05) is 9.80 Å². The maximum absolute atomic E-state index is 2.53. The summed E-state index contributed by atoms with van der Waals surface area (Å²) in [6.07, 6.45) is 9.00. The van der Waals surface area contributed by atoms with Gasteiger partial charge in [0.2, 0.25) is 6.71 Å². The Morgan fingerprint density at radius 3 is 1.91 bits per heavy atom. The van der Waals surface area contributed by atoms with Crippen LogP contribution in [0.15, 0.2) is 206 Å². The van der Waals surface area contributed by atoms with E-state index in [4.69, 9.17) is 0 Å². The van der Waals surface area contributed by atoms with E-state index in [0.717, 1.165) is 41.3 Å². The molecule has 0 saturated heterocycles. The molecule has 10 rings (SSSR count). The fourth-order valence-corrected chi connectivity index (χ4v) is 8.70. The molecule has 1 aromatic heterocycles. The summed E-state index contributed by atoms with van der Waals surface area (Å²) in [6, 6.07) is 66.5. The standard InChI is InChI=1S/C51H40BN3/c1-52-46-29-14-15-31-48(46)54(42-34-32-41(33-35-42)53(39-22-10-4-11-23-39)40-24-12-5-13-25-40)43-26-16-27-44(36-43)55-50(38-20-8-3-9-21-38)49(37-18-6-2-7-19-37)45-28-17-30-47(52)51(45)55/h2-4,6-12,14-36H,5,13H2,1H3. The van der Waals surface area contributed by atoms with Gasteiger partial charge in [0, 0.05) is 56.3 Å². The SMILES string of the molecule is CB1c2ccccc2N(c2ccc(N(C3=CCCC=C3)c3ccccc3)cc2)c2cccc(c2)-n2c(-c3ccccc3)c(-c3ccccc3)c3cccc1c32. The van der Waals surface area contributed by atoms with E-state index in [-0.39, 0.29) is 6.71 Å². The highest BCUT2D eigenvalue weighted by Gasteiger charge is 2.30. The second-order valence-electron chi connectivity index (χ2n) is 14.5. The number of hydrogen-bond donors (Lipinski definition) is 0. The van der Waals surface area contributed by atoms with E-state index in [1.807, 2.05) is 0 Å². The third kappa shape index (κ3) is 5.70. The quantitative estimate of drug-likeness (QED) is 0.160. The monoisotopic (exact) mass is 705 g/mol. The molecule has 2 aliphatic rings. The van der Waals surface area contributed by atoms with Crippen molar-refractivity contribution in [1.29, 1.82) is 0 Å². The minimum absolute atomic E-state index is 0.102. The average molecular weight is 706 g/mol. The van der Waals surface area contributed by atoms with Gasteiger partial charge in [-0.2, -0.15) is 0 Å². The van der Waals surface area contributed by atoms with Crippen LogP contribution >= 0.6 is 0 Å².